The summed E-state index contributed by atoms with van der Waals surface area (Å²) in [6.07, 6.45) is 42.9. The molecule has 1 amide bonds. The fraction of sp³-hybridized carbons (Fsp3) is 0.930. The Kier molecular flexibility index (Phi) is 37.9. The fourth-order valence-electron chi connectivity index (χ4n) is 6.72. The predicted octanol–water partition coefficient (Wildman–Crippen LogP) is 13.2. The zero-order valence-electron chi connectivity index (χ0n) is 32.8. The number of amides is 1. The largest absolute Gasteiger partial charge is 0.481 e. The van der Waals surface area contributed by atoms with Gasteiger partial charge in [0, 0.05) is 12.8 Å². The molecule has 0 heterocycles. The van der Waals surface area contributed by atoms with Crippen LogP contribution in [0.15, 0.2) is 0 Å². The van der Waals surface area contributed by atoms with Crippen LogP contribution in [0.25, 0.3) is 0 Å². The molecule has 0 aromatic heterocycles. The van der Waals surface area contributed by atoms with E-state index in [1.807, 2.05) is 0 Å². The number of carbonyl (C=O) groups excluding carboxylic acids is 2. The van der Waals surface area contributed by atoms with Gasteiger partial charge in [-0.1, -0.05) is 213 Å². The molecule has 0 rings (SSSR count). The number of rotatable bonds is 40. The molecule has 0 spiro atoms. The Morgan fingerprint density at radius 1 is 0.449 bits per heavy atom. The summed E-state index contributed by atoms with van der Waals surface area (Å²) in [7, 11) is 0. The highest BCUT2D eigenvalue weighted by atomic mass is 16.5. The quantitative estimate of drug-likeness (QED) is 0.0492. The van der Waals surface area contributed by atoms with Crippen molar-refractivity contribution in [1.82, 2.24) is 5.32 Å². The first-order valence-electron chi connectivity index (χ1n) is 21.7. The van der Waals surface area contributed by atoms with Gasteiger partial charge in [-0.15, -0.1) is 0 Å². The van der Waals surface area contributed by atoms with E-state index in [4.69, 9.17) is 9.84 Å². The zero-order chi connectivity index (χ0) is 35.9. The lowest BCUT2D eigenvalue weighted by Gasteiger charge is -2.17. The normalized spacial score (nSPS) is 11.9. The molecule has 6 heteroatoms. The van der Waals surface area contributed by atoms with Gasteiger partial charge in [-0.25, -0.2) is 4.79 Å². The lowest BCUT2D eigenvalue weighted by molar-refractivity contribution is -0.148. The van der Waals surface area contributed by atoms with E-state index in [2.05, 4.69) is 19.2 Å². The number of carbonyl (C=O) groups is 3. The van der Waals surface area contributed by atoms with E-state index in [9.17, 15) is 14.4 Å². The molecule has 0 aliphatic carbocycles. The average molecular weight is 694 g/mol. The lowest BCUT2D eigenvalue weighted by Crippen LogP contribution is -2.42. The second kappa shape index (κ2) is 39.2. The van der Waals surface area contributed by atoms with Crippen molar-refractivity contribution in [2.24, 2.45) is 0 Å². The number of hydrogen-bond donors (Lipinski definition) is 2. The Bertz CT molecular complexity index is 727. The number of ether oxygens (including phenoxy) is 1. The van der Waals surface area contributed by atoms with E-state index in [1.165, 1.54) is 173 Å². The van der Waals surface area contributed by atoms with Crippen LogP contribution in [0.2, 0.25) is 0 Å². The lowest BCUT2D eigenvalue weighted by atomic mass is 10.0. The van der Waals surface area contributed by atoms with Gasteiger partial charge in [-0.05, 0) is 19.3 Å². The molecule has 0 aliphatic heterocycles. The molecular weight excluding hydrogens is 610 g/mol. The third-order valence-electron chi connectivity index (χ3n) is 10.0. The summed E-state index contributed by atoms with van der Waals surface area (Å²) in [5.74, 6) is -1.66. The van der Waals surface area contributed by atoms with E-state index < -0.39 is 18.0 Å². The van der Waals surface area contributed by atoms with Crippen LogP contribution < -0.4 is 5.32 Å². The third kappa shape index (κ3) is 37.5. The topological polar surface area (TPSA) is 92.7 Å². The molecule has 0 saturated heterocycles. The first-order chi connectivity index (χ1) is 24.0. The molecule has 290 valence electrons. The minimum absolute atomic E-state index is 0.0674. The van der Waals surface area contributed by atoms with Crippen molar-refractivity contribution >= 4 is 17.8 Å². The van der Waals surface area contributed by atoms with E-state index in [-0.39, 0.29) is 18.7 Å². The Morgan fingerprint density at radius 2 is 0.755 bits per heavy atom. The number of unbranched alkanes of at least 4 members (excludes halogenated alkanes) is 31. The van der Waals surface area contributed by atoms with Crippen molar-refractivity contribution in [3.63, 3.8) is 0 Å². The molecule has 1 atom stereocenters. The van der Waals surface area contributed by atoms with Crippen molar-refractivity contribution in [2.45, 2.75) is 251 Å². The van der Waals surface area contributed by atoms with Crippen LogP contribution in [-0.4, -0.2) is 35.6 Å². The summed E-state index contributed by atoms with van der Waals surface area (Å²) in [4.78, 5) is 36.3. The van der Waals surface area contributed by atoms with Crippen molar-refractivity contribution in [3.05, 3.63) is 0 Å². The summed E-state index contributed by atoms with van der Waals surface area (Å²) < 4.78 is 5.45. The molecule has 0 unspecified atom stereocenters. The van der Waals surface area contributed by atoms with Gasteiger partial charge in [0.2, 0.25) is 5.91 Å². The van der Waals surface area contributed by atoms with E-state index in [0.717, 1.165) is 38.5 Å². The van der Waals surface area contributed by atoms with Crippen molar-refractivity contribution in [1.29, 1.82) is 0 Å². The van der Waals surface area contributed by atoms with Crippen molar-refractivity contribution in [2.75, 3.05) is 6.61 Å². The Labute approximate surface area is 304 Å². The van der Waals surface area contributed by atoms with Crippen molar-refractivity contribution < 1.29 is 24.2 Å². The summed E-state index contributed by atoms with van der Waals surface area (Å²) in [5, 5.41) is 11.9. The Hall–Kier alpha value is -1.59. The van der Waals surface area contributed by atoms with E-state index >= 15 is 0 Å². The van der Waals surface area contributed by atoms with Gasteiger partial charge in [0.05, 0.1) is 6.61 Å². The number of nitrogens with one attached hydrogen (secondary N) is 1. The second-order valence-corrected chi connectivity index (χ2v) is 14.9. The fourth-order valence-corrected chi connectivity index (χ4v) is 6.72. The highest BCUT2D eigenvalue weighted by Gasteiger charge is 2.23. The molecule has 0 radical (unpaired) electrons. The number of aliphatic carboxylic acids is 1. The SMILES string of the molecule is CCCCCCCCCCCCCCCCCCCCOC(=O)[C@H](CCC(=O)O)NC(=O)CCCCCCCCCCCCCCCCC. The van der Waals surface area contributed by atoms with Gasteiger partial charge < -0.3 is 15.2 Å². The molecule has 0 aromatic rings. The second-order valence-electron chi connectivity index (χ2n) is 14.9. The third-order valence-corrected chi connectivity index (χ3v) is 10.0. The molecule has 0 fully saturated rings. The summed E-state index contributed by atoms with van der Waals surface area (Å²) in [6, 6.07) is -0.879. The minimum atomic E-state index is -0.974. The van der Waals surface area contributed by atoms with Crippen molar-refractivity contribution in [3.8, 4) is 0 Å². The predicted molar refractivity (Wildman–Crippen MR) is 208 cm³/mol. The van der Waals surface area contributed by atoms with Crippen LogP contribution in [0.5, 0.6) is 0 Å². The van der Waals surface area contributed by atoms with Crippen LogP contribution in [0.4, 0.5) is 0 Å². The van der Waals surface area contributed by atoms with Gasteiger partial charge in [0.25, 0.3) is 0 Å². The van der Waals surface area contributed by atoms with Gasteiger partial charge in [-0.3, -0.25) is 9.59 Å². The van der Waals surface area contributed by atoms with Crippen LogP contribution in [0.1, 0.15) is 245 Å². The summed E-state index contributed by atoms with van der Waals surface area (Å²) in [6.45, 7) is 4.87. The summed E-state index contributed by atoms with van der Waals surface area (Å²) in [5.41, 5.74) is 0. The molecule has 0 aliphatic rings. The average Bonchev–Trinajstić information content (AvgIpc) is 3.09. The maximum Gasteiger partial charge on any atom is 0.328 e. The molecule has 0 saturated carbocycles. The van der Waals surface area contributed by atoms with Crippen LogP contribution in [-0.2, 0) is 19.1 Å². The molecule has 6 nitrogen and oxygen atoms in total. The molecular formula is C43H83NO5. The molecule has 0 bridgehead atoms. The molecule has 2 N–H and O–H groups in total. The van der Waals surface area contributed by atoms with E-state index in [0.29, 0.717) is 13.0 Å². The molecule has 49 heavy (non-hydrogen) atoms. The standard InChI is InChI=1S/C43H83NO5/c1-3-5-7-9-11-13-15-17-19-20-21-23-25-27-29-31-33-35-39-49-43(48)40(37-38-42(46)47)44-41(45)36-34-32-30-28-26-24-22-18-16-14-12-10-8-6-4-2/h40H,3-39H2,1-2H3,(H,44,45)(H,46,47)/t40-/m0/s1. The first kappa shape index (κ1) is 47.4. The first-order valence-corrected chi connectivity index (χ1v) is 21.7. The highest BCUT2D eigenvalue weighted by molar-refractivity contribution is 5.84. The number of carboxylic acid groups (broad SMARTS) is 1. The van der Waals surface area contributed by atoms with Gasteiger partial charge in [0.1, 0.15) is 6.04 Å². The Balaban J connectivity index is 3.76. The summed E-state index contributed by atoms with van der Waals surface area (Å²) >= 11 is 0. The maximum atomic E-state index is 12.7. The van der Waals surface area contributed by atoms with Crippen LogP contribution in [0.3, 0.4) is 0 Å². The highest BCUT2D eigenvalue weighted by Crippen LogP contribution is 2.16. The van der Waals surface area contributed by atoms with Crippen LogP contribution in [0, 0.1) is 0 Å². The van der Waals surface area contributed by atoms with Gasteiger partial charge in [0.15, 0.2) is 0 Å². The number of esters is 1. The molecule has 0 aromatic carbocycles. The van der Waals surface area contributed by atoms with Gasteiger partial charge in [-0.2, -0.15) is 0 Å². The smallest absolute Gasteiger partial charge is 0.328 e. The monoisotopic (exact) mass is 694 g/mol. The van der Waals surface area contributed by atoms with Gasteiger partial charge >= 0.3 is 11.9 Å². The number of hydrogen-bond acceptors (Lipinski definition) is 4. The minimum Gasteiger partial charge on any atom is -0.481 e. The zero-order valence-corrected chi connectivity index (χ0v) is 32.8. The number of carboxylic acids is 1. The maximum absolute atomic E-state index is 12.7. The Morgan fingerprint density at radius 3 is 1.08 bits per heavy atom. The van der Waals surface area contributed by atoms with E-state index in [1.54, 1.807) is 0 Å². The van der Waals surface area contributed by atoms with Crippen LogP contribution >= 0.6 is 0 Å².